The monoisotopic (exact) mass is 464 g/mol. The van der Waals surface area contributed by atoms with Gasteiger partial charge in [-0.15, -0.1) is 0 Å². The molecule has 1 unspecified atom stereocenters. The van der Waals surface area contributed by atoms with Crippen LogP contribution in [0.1, 0.15) is 24.0 Å². The number of anilines is 1. The van der Waals surface area contributed by atoms with Gasteiger partial charge in [0.1, 0.15) is 5.65 Å². The minimum absolute atomic E-state index is 0.0589. The maximum absolute atomic E-state index is 12.7. The van der Waals surface area contributed by atoms with E-state index < -0.39 is 0 Å². The molecule has 2 N–H and O–H groups in total. The molecule has 4 heterocycles. The van der Waals surface area contributed by atoms with Crippen LogP contribution in [0.15, 0.2) is 54.1 Å². The van der Waals surface area contributed by atoms with Crippen molar-refractivity contribution < 1.29 is 9.53 Å². The molecule has 1 aliphatic heterocycles. The lowest BCUT2D eigenvalue weighted by molar-refractivity contribution is 0.0921. The number of allylic oxidation sites excluding steroid dienone is 3. The van der Waals surface area contributed by atoms with Crippen molar-refractivity contribution in [3.8, 4) is 11.1 Å². The highest BCUT2D eigenvalue weighted by Crippen LogP contribution is 2.30. The van der Waals surface area contributed by atoms with Gasteiger partial charge in [-0.2, -0.15) is 0 Å². The molecule has 1 saturated heterocycles. The predicted molar refractivity (Wildman–Crippen MR) is 128 cm³/mol. The van der Waals surface area contributed by atoms with Crippen LogP contribution in [0.25, 0.3) is 22.2 Å². The predicted octanol–water partition coefficient (Wildman–Crippen LogP) is 3.67. The Morgan fingerprint density at radius 2 is 2.03 bits per heavy atom. The Morgan fingerprint density at radius 3 is 2.76 bits per heavy atom. The van der Waals surface area contributed by atoms with E-state index >= 15 is 0 Å². The van der Waals surface area contributed by atoms with Crippen LogP contribution in [0, 0.1) is 5.92 Å². The standard InChI is InChI=1S/C24H25ClN6O2/c1-15(16-2-4-18(25)5-3-16)30-24(32)23-26-11-17(12-27-23)21-14-29-22-20(21)10-19(13-28-22)31-6-8-33-9-7-31/h2,4-5,10-16H,3,6-9H2,1H3,(H,28,29)(H,30,32)/t15-,16?/m1/s1. The second-order valence-electron chi connectivity index (χ2n) is 8.30. The van der Waals surface area contributed by atoms with Gasteiger partial charge in [-0.1, -0.05) is 23.8 Å². The summed E-state index contributed by atoms with van der Waals surface area (Å²) in [5.74, 6) is 0.0411. The van der Waals surface area contributed by atoms with E-state index in [9.17, 15) is 4.79 Å². The average molecular weight is 465 g/mol. The summed E-state index contributed by atoms with van der Waals surface area (Å²) in [4.78, 5) is 31.4. The second-order valence-corrected chi connectivity index (χ2v) is 8.73. The van der Waals surface area contributed by atoms with Gasteiger partial charge >= 0.3 is 0 Å². The summed E-state index contributed by atoms with van der Waals surface area (Å²) < 4.78 is 5.45. The van der Waals surface area contributed by atoms with Crippen molar-refractivity contribution in [3.05, 3.63) is 59.9 Å². The Labute approximate surface area is 196 Å². The number of fused-ring (bicyclic) bond motifs is 1. The highest BCUT2D eigenvalue weighted by molar-refractivity contribution is 6.31. The van der Waals surface area contributed by atoms with Crippen molar-refractivity contribution >= 4 is 34.2 Å². The number of halogens is 1. The highest BCUT2D eigenvalue weighted by Gasteiger charge is 2.20. The molecule has 0 saturated carbocycles. The van der Waals surface area contributed by atoms with Crippen LogP contribution in [0.2, 0.25) is 0 Å². The Kier molecular flexibility index (Phi) is 6.11. The molecule has 0 spiro atoms. The topological polar surface area (TPSA) is 96.0 Å². The quantitative estimate of drug-likeness (QED) is 0.598. The Morgan fingerprint density at radius 1 is 1.24 bits per heavy atom. The number of nitrogens with one attached hydrogen (secondary N) is 2. The first-order chi connectivity index (χ1) is 16.1. The Balaban J connectivity index is 1.31. The summed E-state index contributed by atoms with van der Waals surface area (Å²) >= 11 is 5.98. The lowest BCUT2D eigenvalue weighted by Gasteiger charge is -2.28. The first-order valence-electron chi connectivity index (χ1n) is 11.1. The van der Waals surface area contributed by atoms with E-state index in [2.05, 4.69) is 36.2 Å². The summed E-state index contributed by atoms with van der Waals surface area (Å²) in [6, 6.07) is 2.07. The van der Waals surface area contributed by atoms with Crippen LogP contribution in [-0.4, -0.2) is 58.2 Å². The van der Waals surface area contributed by atoms with Gasteiger partial charge in [0, 0.05) is 65.2 Å². The first kappa shape index (κ1) is 21.6. The number of aromatic nitrogens is 4. The zero-order chi connectivity index (χ0) is 22.8. The van der Waals surface area contributed by atoms with Gasteiger partial charge in [-0.25, -0.2) is 15.0 Å². The number of amides is 1. The summed E-state index contributed by atoms with van der Waals surface area (Å²) in [6.45, 7) is 5.10. The molecule has 170 valence electrons. The third kappa shape index (κ3) is 4.62. The molecule has 33 heavy (non-hydrogen) atoms. The van der Waals surface area contributed by atoms with Crippen LogP contribution in [0.3, 0.4) is 0 Å². The Bertz CT molecular complexity index is 1210. The molecule has 0 radical (unpaired) electrons. The lowest BCUT2D eigenvalue weighted by Crippen LogP contribution is -2.38. The van der Waals surface area contributed by atoms with Gasteiger partial charge in [0.2, 0.25) is 5.82 Å². The molecule has 8 nitrogen and oxygen atoms in total. The number of carbonyl (C=O) groups excluding carboxylic acids is 1. The van der Waals surface area contributed by atoms with Gasteiger partial charge < -0.3 is 19.9 Å². The maximum atomic E-state index is 12.7. The van der Waals surface area contributed by atoms with Gasteiger partial charge in [-0.3, -0.25) is 4.79 Å². The van der Waals surface area contributed by atoms with Crippen molar-refractivity contribution in [1.82, 2.24) is 25.3 Å². The SMILES string of the molecule is C[C@@H](NC(=O)c1ncc(-c2c[nH]c3ncc(N4CCOCC4)cc23)cn1)C1C=CC(Cl)=CC1. The fraction of sp³-hybridized carbons (Fsp3) is 0.333. The minimum atomic E-state index is -0.293. The largest absolute Gasteiger partial charge is 0.378 e. The highest BCUT2D eigenvalue weighted by atomic mass is 35.5. The number of morpholine rings is 1. The minimum Gasteiger partial charge on any atom is -0.378 e. The molecular formula is C24H25ClN6O2. The van der Waals surface area contributed by atoms with Crippen LogP contribution < -0.4 is 10.2 Å². The molecule has 1 fully saturated rings. The van der Waals surface area contributed by atoms with E-state index in [1.54, 1.807) is 12.4 Å². The number of H-pyrrole nitrogens is 1. The molecular weight excluding hydrogens is 440 g/mol. The van der Waals surface area contributed by atoms with Crippen LogP contribution >= 0.6 is 11.6 Å². The summed E-state index contributed by atoms with van der Waals surface area (Å²) in [7, 11) is 0. The Hall–Kier alpha value is -3.23. The number of pyridine rings is 1. The first-order valence-corrected chi connectivity index (χ1v) is 11.4. The summed E-state index contributed by atoms with van der Waals surface area (Å²) in [5.41, 5.74) is 3.63. The van der Waals surface area contributed by atoms with E-state index in [1.807, 2.05) is 37.5 Å². The number of nitrogens with zero attached hydrogens (tertiary/aromatic N) is 4. The number of aromatic amines is 1. The number of hydrogen-bond acceptors (Lipinski definition) is 6. The lowest BCUT2D eigenvalue weighted by atomic mass is 9.94. The third-order valence-electron chi connectivity index (χ3n) is 6.15. The molecule has 9 heteroatoms. The summed E-state index contributed by atoms with van der Waals surface area (Å²) in [6.07, 6.45) is 13.8. The average Bonchev–Trinajstić information content (AvgIpc) is 3.28. The molecule has 3 aromatic rings. The van der Waals surface area contributed by atoms with Crippen molar-refractivity contribution in [1.29, 1.82) is 0 Å². The van der Waals surface area contributed by atoms with E-state index in [1.165, 1.54) is 0 Å². The smallest absolute Gasteiger partial charge is 0.289 e. The molecule has 1 amide bonds. The fourth-order valence-electron chi connectivity index (χ4n) is 4.17. The van der Waals surface area contributed by atoms with Crippen molar-refractivity contribution in [3.63, 3.8) is 0 Å². The fourth-order valence-corrected chi connectivity index (χ4v) is 4.33. The number of rotatable bonds is 5. The van der Waals surface area contributed by atoms with Gasteiger partial charge in [-0.05, 0) is 25.5 Å². The summed E-state index contributed by atoms with van der Waals surface area (Å²) in [5, 5.41) is 4.71. The maximum Gasteiger partial charge on any atom is 0.289 e. The van der Waals surface area contributed by atoms with E-state index in [4.69, 9.17) is 16.3 Å². The van der Waals surface area contributed by atoms with Crippen molar-refractivity contribution in [2.75, 3.05) is 31.2 Å². The molecule has 5 rings (SSSR count). The van der Waals surface area contributed by atoms with E-state index in [0.29, 0.717) is 0 Å². The van der Waals surface area contributed by atoms with Gasteiger partial charge in [0.05, 0.1) is 25.1 Å². The molecule has 1 aliphatic carbocycles. The van der Waals surface area contributed by atoms with Crippen molar-refractivity contribution in [2.45, 2.75) is 19.4 Å². The molecule has 2 aliphatic rings. The normalized spacial score (nSPS) is 19.4. The van der Waals surface area contributed by atoms with E-state index in [-0.39, 0.29) is 23.7 Å². The molecule has 3 aromatic heterocycles. The zero-order valence-corrected chi connectivity index (χ0v) is 19.0. The van der Waals surface area contributed by atoms with Gasteiger partial charge in [0.25, 0.3) is 5.91 Å². The van der Waals surface area contributed by atoms with Crippen LogP contribution in [-0.2, 0) is 4.74 Å². The van der Waals surface area contributed by atoms with Crippen LogP contribution in [0.5, 0.6) is 0 Å². The van der Waals surface area contributed by atoms with Gasteiger partial charge in [0.15, 0.2) is 0 Å². The second kappa shape index (κ2) is 9.33. The van der Waals surface area contributed by atoms with Crippen LogP contribution in [0.4, 0.5) is 5.69 Å². The van der Waals surface area contributed by atoms with E-state index in [0.717, 1.165) is 65.6 Å². The molecule has 0 bridgehead atoms. The zero-order valence-electron chi connectivity index (χ0n) is 18.3. The molecule has 2 atom stereocenters. The van der Waals surface area contributed by atoms with Crippen molar-refractivity contribution in [2.24, 2.45) is 5.92 Å². The number of carbonyl (C=O) groups is 1. The number of hydrogen-bond donors (Lipinski definition) is 2. The molecule has 0 aromatic carbocycles. The third-order valence-corrected chi connectivity index (χ3v) is 6.43. The number of ether oxygens (including phenoxy) is 1.